The first-order valence-electron chi connectivity index (χ1n) is 13.6. The van der Waals surface area contributed by atoms with Crippen molar-refractivity contribution in [2.45, 2.75) is 51.4 Å². The van der Waals surface area contributed by atoms with E-state index in [0.29, 0.717) is 11.4 Å². The quantitative estimate of drug-likeness (QED) is 0.236. The summed E-state index contributed by atoms with van der Waals surface area (Å²) in [7, 11) is 0. The summed E-state index contributed by atoms with van der Waals surface area (Å²) in [6.45, 7) is 11.0. The fourth-order valence-electron chi connectivity index (χ4n) is 7.05. The largest absolute Gasteiger partial charge is 0.417 e. The Kier molecular flexibility index (Phi) is 6.02. The summed E-state index contributed by atoms with van der Waals surface area (Å²) in [5.74, 6) is 1.41. The lowest BCUT2D eigenvalue weighted by Crippen LogP contribution is -2.62. The topological polar surface area (TPSA) is 32.3 Å². The lowest BCUT2D eigenvalue weighted by Gasteiger charge is -2.59. The van der Waals surface area contributed by atoms with Crippen molar-refractivity contribution in [3.8, 4) is 11.1 Å². The Morgan fingerprint density at radius 3 is 2.15 bits per heavy atom. The van der Waals surface area contributed by atoms with Crippen molar-refractivity contribution in [1.82, 2.24) is 9.97 Å². The Balaban J connectivity index is 1.68. The van der Waals surface area contributed by atoms with Gasteiger partial charge in [0.2, 0.25) is 0 Å². The molecular formula is C33H31F3N4. The summed E-state index contributed by atoms with van der Waals surface area (Å²) in [6, 6.07) is 21.6. The lowest BCUT2D eigenvalue weighted by atomic mass is 9.54. The monoisotopic (exact) mass is 540 g/mol. The number of fused-ring (bicyclic) bond motifs is 5. The second kappa shape index (κ2) is 9.22. The molecule has 0 fully saturated rings. The summed E-state index contributed by atoms with van der Waals surface area (Å²) >= 11 is 0. The van der Waals surface area contributed by atoms with E-state index < -0.39 is 17.2 Å². The number of hydrogen-bond donors (Lipinski definition) is 0. The van der Waals surface area contributed by atoms with Crippen molar-refractivity contribution >= 4 is 23.0 Å². The van der Waals surface area contributed by atoms with E-state index in [1.807, 2.05) is 42.5 Å². The molecule has 40 heavy (non-hydrogen) atoms. The maximum absolute atomic E-state index is 14.1. The number of halogens is 3. The van der Waals surface area contributed by atoms with Crippen LogP contribution in [0.2, 0.25) is 0 Å². The molecule has 0 saturated heterocycles. The lowest BCUT2D eigenvalue weighted by molar-refractivity contribution is -0.137. The summed E-state index contributed by atoms with van der Waals surface area (Å²) in [5, 5.41) is 0. The van der Waals surface area contributed by atoms with Gasteiger partial charge in [0.15, 0.2) is 11.6 Å². The van der Waals surface area contributed by atoms with Crippen LogP contribution in [0.4, 0.5) is 36.2 Å². The Bertz CT molecular complexity index is 1580. The van der Waals surface area contributed by atoms with E-state index in [-0.39, 0.29) is 17.1 Å². The molecule has 204 valence electrons. The molecule has 3 aromatic carbocycles. The van der Waals surface area contributed by atoms with E-state index in [2.05, 4.69) is 49.3 Å². The molecule has 1 aromatic heterocycles. The molecule has 2 aliphatic heterocycles. The van der Waals surface area contributed by atoms with Gasteiger partial charge in [-0.1, -0.05) is 75.4 Å². The first-order chi connectivity index (χ1) is 19.2. The first-order valence-corrected chi connectivity index (χ1v) is 13.6. The molecule has 3 heterocycles. The highest BCUT2D eigenvalue weighted by atomic mass is 19.4. The molecule has 3 atom stereocenters. The van der Waals surface area contributed by atoms with E-state index in [4.69, 9.17) is 9.97 Å². The van der Waals surface area contributed by atoms with Crippen molar-refractivity contribution in [3.63, 3.8) is 0 Å². The molecule has 0 saturated carbocycles. The first kappa shape index (κ1) is 26.1. The van der Waals surface area contributed by atoms with Crippen molar-refractivity contribution < 1.29 is 13.2 Å². The van der Waals surface area contributed by atoms with Gasteiger partial charge in [-0.25, -0.2) is 9.97 Å². The average Bonchev–Trinajstić information content (AvgIpc) is 3.34. The third-order valence-corrected chi connectivity index (χ3v) is 9.15. The second-order valence-electron chi connectivity index (χ2n) is 10.7. The molecule has 0 aliphatic carbocycles. The van der Waals surface area contributed by atoms with Crippen LogP contribution in [0.5, 0.6) is 0 Å². The maximum Gasteiger partial charge on any atom is 0.417 e. The summed E-state index contributed by atoms with van der Waals surface area (Å²) in [4.78, 5) is 14.0. The van der Waals surface area contributed by atoms with E-state index in [9.17, 15) is 13.2 Å². The number of hydrogen-bond acceptors (Lipinski definition) is 4. The van der Waals surface area contributed by atoms with Crippen LogP contribution < -0.4 is 9.80 Å². The Morgan fingerprint density at radius 2 is 1.52 bits per heavy atom. The zero-order valence-electron chi connectivity index (χ0n) is 22.8. The Hall–Kier alpha value is -4.13. The SMILES string of the molecule is C=CC1(CC)c2ccc(-c3ccccc3C(F)(F)F)cc2N2c3nccnc3N(c3ccccc3)C2C1(C)CC. The molecule has 2 aliphatic rings. The van der Waals surface area contributed by atoms with Crippen LogP contribution in [0.15, 0.2) is 97.8 Å². The minimum absolute atomic E-state index is 0.150. The number of alkyl halides is 3. The van der Waals surface area contributed by atoms with Gasteiger partial charge < -0.3 is 9.80 Å². The van der Waals surface area contributed by atoms with Crippen LogP contribution >= 0.6 is 0 Å². The van der Waals surface area contributed by atoms with Gasteiger partial charge >= 0.3 is 6.18 Å². The number of benzene rings is 3. The van der Waals surface area contributed by atoms with E-state index in [1.54, 1.807) is 18.5 Å². The normalized spacial score (nSPS) is 23.4. The van der Waals surface area contributed by atoms with Gasteiger partial charge in [-0.05, 0) is 53.8 Å². The highest BCUT2D eigenvalue weighted by Gasteiger charge is 2.62. The highest BCUT2D eigenvalue weighted by molar-refractivity contribution is 5.89. The molecule has 3 unspecified atom stereocenters. The predicted octanol–water partition coefficient (Wildman–Crippen LogP) is 9.04. The van der Waals surface area contributed by atoms with Gasteiger partial charge in [-0.3, -0.25) is 0 Å². The van der Waals surface area contributed by atoms with E-state index in [1.165, 1.54) is 12.1 Å². The fraction of sp³-hybridized carbons (Fsp3) is 0.273. The number of allylic oxidation sites excluding steroid dienone is 1. The van der Waals surface area contributed by atoms with Crippen molar-refractivity contribution in [3.05, 3.63) is 109 Å². The molecule has 4 nitrogen and oxygen atoms in total. The third kappa shape index (κ3) is 3.46. The molecule has 6 rings (SSSR count). The zero-order chi connectivity index (χ0) is 28.3. The number of para-hydroxylation sites is 1. The predicted molar refractivity (Wildman–Crippen MR) is 154 cm³/mol. The van der Waals surface area contributed by atoms with Gasteiger partial charge in [0, 0.05) is 34.6 Å². The van der Waals surface area contributed by atoms with Gasteiger partial charge in [-0.15, -0.1) is 6.58 Å². The van der Waals surface area contributed by atoms with Crippen LogP contribution in [0.1, 0.15) is 44.7 Å². The smallest absolute Gasteiger partial charge is 0.301 e. The van der Waals surface area contributed by atoms with Gasteiger partial charge in [0.25, 0.3) is 0 Å². The number of anilines is 4. The van der Waals surface area contributed by atoms with E-state index >= 15 is 0 Å². The molecule has 4 aromatic rings. The molecule has 0 spiro atoms. The van der Waals surface area contributed by atoms with Gasteiger partial charge in [0.05, 0.1) is 5.56 Å². The minimum Gasteiger partial charge on any atom is -0.301 e. The highest BCUT2D eigenvalue weighted by Crippen LogP contribution is 2.64. The standard InChI is InChI=1S/C33H31F3N4/c1-5-31(4)30-39(23-13-9-8-10-14-23)28-29(38-20-19-37-28)40(30)27-21-22(17-18-26(27)32(31,6-2)7-3)24-15-11-12-16-25(24)33(34,35)36/h6,8-21,30H,2,5,7H2,1,3-4H3. The van der Waals surface area contributed by atoms with Crippen LogP contribution in [-0.4, -0.2) is 16.1 Å². The number of rotatable bonds is 5. The van der Waals surface area contributed by atoms with Crippen molar-refractivity contribution in [2.75, 3.05) is 9.80 Å². The molecule has 7 heteroatoms. The summed E-state index contributed by atoms with van der Waals surface area (Å²) in [6.07, 6.45) is 2.29. The third-order valence-electron chi connectivity index (χ3n) is 9.15. The Morgan fingerprint density at radius 1 is 0.875 bits per heavy atom. The average molecular weight is 541 g/mol. The maximum atomic E-state index is 14.1. The van der Waals surface area contributed by atoms with Crippen LogP contribution in [-0.2, 0) is 11.6 Å². The van der Waals surface area contributed by atoms with Crippen LogP contribution in [0.3, 0.4) is 0 Å². The Labute approximate surface area is 232 Å². The summed E-state index contributed by atoms with van der Waals surface area (Å²) in [5.41, 5.74) is 2.01. The van der Waals surface area contributed by atoms with Crippen molar-refractivity contribution in [2.24, 2.45) is 5.41 Å². The van der Waals surface area contributed by atoms with Crippen LogP contribution in [0.25, 0.3) is 11.1 Å². The summed E-state index contributed by atoms with van der Waals surface area (Å²) < 4.78 is 42.2. The van der Waals surface area contributed by atoms with Gasteiger partial charge in [-0.2, -0.15) is 13.2 Å². The number of aromatic nitrogens is 2. The molecule has 0 amide bonds. The fourth-order valence-corrected chi connectivity index (χ4v) is 7.05. The minimum atomic E-state index is -4.47. The second-order valence-corrected chi connectivity index (χ2v) is 10.7. The molecule has 0 N–H and O–H groups in total. The van der Waals surface area contributed by atoms with Gasteiger partial charge in [0.1, 0.15) is 6.17 Å². The molecular weight excluding hydrogens is 509 g/mol. The number of nitrogens with zero attached hydrogens (tertiary/aromatic N) is 4. The van der Waals surface area contributed by atoms with Crippen LogP contribution in [0, 0.1) is 5.41 Å². The molecule has 0 bridgehead atoms. The molecule has 0 radical (unpaired) electrons. The zero-order valence-corrected chi connectivity index (χ0v) is 22.8. The van der Waals surface area contributed by atoms with E-state index in [0.717, 1.165) is 41.7 Å². The van der Waals surface area contributed by atoms with Crippen molar-refractivity contribution in [1.29, 1.82) is 0 Å².